The first-order valence-corrected chi connectivity index (χ1v) is 13.1. The molecule has 6 nitrogen and oxygen atoms in total. The number of nitrogens with one attached hydrogen (secondary N) is 1. The van der Waals surface area contributed by atoms with Crippen LogP contribution in [0.15, 0.2) is 78.2 Å². The van der Waals surface area contributed by atoms with Crippen LogP contribution in [0.1, 0.15) is 48.1 Å². The Labute approximate surface area is 210 Å². The minimum atomic E-state index is -0.0371. The summed E-state index contributed by atoms with van der Waals surface area (Å²) in [6.45, 7) is 2.67. The number of hydrogen-bond acceptors (Lipinski definition) is 5. The van der Waals surface area contributed by atoms with E-state index in [0.717, 1.165) is 40.5 Å². The number of benzene rings is 2. The molecule has 7 heteroatoms. The Hall–Kier alpha value is -3.45. The maximum Gasteiger partial charge on any atom is 0.230 e. The molecule has 0 spiro atoms. The number of pyridine rings is 1. The number of thioether (sulfide) groups is 1. The van der Waals surface area contributed by atoms with Gasteiger partial charge in [-0.3, -0.25) is 14.3 Å². The average Bonchev–Trinajstić information content (AvgIpc) is 3.30. The third kappa shape index (κ3) is 5.62. The maximum atomic E-state index is 12.8. The second kappa shape index (κ2) is 10.9. The zero-order chi connectivity index (χ0) is 24.0. The van der Waals surface area contributed by atoms with E-state index >= 15 is 0 Å². The first kappa shape index (κ1) is 23.3. The Bertz CT molecular complexity index is 1290. The van der Waals surface area contributed by atoms with Gasteiger partial charge in [0.2, 0.25) is 5.91 Å². The molecular weight excluding hydrogens is 454 g/mol. The number of rotatable bonds is 8. The Morgan fingerprint density at radius 1 is 1.00 bits per heavy atom. The van der Waals surface area contributed by atoms with E-state index in [1.54, 1.807) is 12.4 Å². The summed E-state index contributed by atoms with van der Waals surface area (Å²) < 4.78 is 2.07. The topological polar surface area (TPSA) is 72.7 Å². The van der Waals surface area contributed by atoms with Gasteiger partial charge in [0.1, 0.15) is 0 Å². The second-order valence-corrected chi connectivity index (χ2v) is 9.87. The first-order valence-electron chi connectivity index (χ1n) is 12.1. The molecule has 0 saturated carbocycles. The monoisotopic (exact) mass is 483 g/mol. The molecule has 35 heavy (non-hydrogen) atoms. The SMILES string of the molecule is C[C@H](NC(=O)CSc1nnc(-c2ccncc2)n1Cc1ccccc1)c1ccc2c(c1)CCCC2. The van der Waals surface area contributed by atoms with Crippen LogP contribution in [-0.4, -0.2) is 31.4 Å². The third-order valence-corrected chi connectivity index (χ3v) is 7.39. The van der Waals surface area contributed by atoms with Crippen molar-refractivity contribution < 1.29 is 4.79 Å². The number of aromatic nitrogens is 4. The average molecular weight is 484 g/mol. The number of carbonyl (C=O) groups excluding carboxylic acids is 1. The van der Waals surface area contributed by atoms with Gasteiger partial charge in [0.15, 0.2) is 11.0 Å². The highest BCUT2D eigenvalue weighted by Crippen LogP contribution is 2.26. The van der Waals surface area contributed by atoms with E-state index in [4.69, 9.17) is 0 Å². The molecule has 0 bridgehead atoms. The van der Waals surface area contributed by atoms with Crippen LogP contribution in [0.4, 0.5) is 0 Å². The smallest absolute Gasteiger partial charge is 0.230 e. The molecule has 1 atom stereocenters. The molecule has 2 aromatic carbocycles. The molecule has 1 aliphatic rings. The van der Waals surface area contributed by atoms with Crippen LogP contribution in [0.2, 0.25) is 0 Å². The van der Waals surface area contributed by atoms with Gasteiger partial charge in [-0.1, -0.05) is 60.3 Å². The molecule has 0 aliphatic heterocycles. The van der Waals surface area contributed by atoms with E-state index in [0.29, 0.717) is 6.54 Å². The van der Waals surface area contributed by atoms with Crippen LogP contribution in [0.25, 0.3) is 11.4 Å². The summed E-state index contributed by atoms with van der Waals surface area (Å²) >= 11 is 1.41. The molecule has 0 radical (unpaired) electrons. The molecule has 1 amide bonds. The van der Waals surface area contributed by atoms with Crippen LogP contribution < -0.4 is 5.32 Å². The summed E-state index contributed by atoms with van der Waals surface area (Å²) in [4.78, 5) is 16.9. The van der Waals surface area contributed by atoms with Crippen LogP contribution in [-0.2, 0) is 24.2 Å². The lowest BCUT2D eigenvalue weighted by Crippen LogP contribution is -2.28. The van der Waals surface area contributed by atoms with Crippen molar-refractivity contribution in [3.63, 3.8) is 0 Å². The fourth-order valence-electron chi connectivity index (χ4n) is 4.54. The lowest BCUT2D eigenvalue weighted by Gasteiger charge is -2.20. The van der Waals surface area contributed by atoms with E-state index in [2.05, 4.69) is 55.4 Å². The van der Waals surface area contributed by atoms with E-state index < -0.39 is 0 Å². The summed E-state index contributed by atoms with van der Waals surface area (Å²) in [5.74, 6) is 1.03. The number of aryl methyl sites for hydroxylation is 2. The van der Waals surface area contributed by atoms with E-state index in [1.807, 2.05) is 37.3 Å². The predicted molar refractivity (Wildman–Crippen MR) is 139 cm³/mol. The molecular formula is C28H29N5OS. The van der Waals surface area contributed by atoms with Crippen molar-refractivity contribution in [3.05, 3.63) is 95.3 Å². The van der Waals surface area contributed by atoms with Gasteiger partial charge in [-0.15, -0.1) is 10.2 Å². The standard InChI is InChI=1S/C28H29N5OS/c1-20(24-12-11-22-9-5-6-10-25(22)17-24)30-26(34)19-35-28-32-31-27(23-13-15-29-16-14-23)33(28)18-21-7-3-2-4-8-21/h2-4,7-8,11-17,20H,5-6,9-10,18-19H2,1H3,(H,30,34)/t20-/m0/s1. The molecule has 178 valence electrons. The Kier molecular flexibility index (Phi) is 7.23. The second-order valence-electron chi connectivity index (χ2n) is 8.93. The zero-order valence-corrected chi connectivity index (χ0v) is 20.7. The van der Waals surface area contributed by atoms with Crippen molar-refractivity contribution in [2.75, 3.05) is 5.75 Å². The normalized spacial score (nSPS) is 13.7. The van der Waals surface area contributed by atoms with Gasteiger partial charge in [0.05, 0.1) is 18.3 Å². The van der Waals surface area contributed by atoms with E-state index in [9.17, 15) is 4.79 Å². The third-order valence-electron chi connectivity index (χ3n) is 6.42. The molecule has 2 aromatic heterocycles. The van der Waals surface area contributed by atoms with E-state index in [1.165, 1.54) is 35.7 Å². The van der Waals surface area contributed by atoms with Crippen molar-refractivity contribution in [3.8, 4) is 11.4 Å². The van der Waals surface area contributed by atoms with Gasteiger partial charge in [-0.05, 0) is 67.0 Å². The van der Waals surface area contributed by atoms with Gasteiger partial charge in [0, 0.05) is 18.0 Å². The number of carbonyl (C=O) groups is 1. The van der Waals surface area contributed by atoms with E-state index in [-0.39, 0.29) is 17.7 Å². The van der Waals surface area contributed by atoms with Crippen molar-refractivity contribution >= 4 is 17.7 Å². The minimum absolute atomic E-state index is 0.0139. The predicted octanol–water partition coefficient (Wildman–Crippen LogP) is 5.24. The van der Waals surface area contributed by atoms with Gasteiger partial charge >= 0.3 is 0 Å². The van der Waals surface area contributed by atoms with Gasteiger partial charge in [0.25, 0.3) is 0 Å². The number of fused-ring (bicyclic) bond motifs is 1. The van der Waals surface area contributed by atoms with Crippen molar-refractivity contribution in [1.29, 1.82) is 0 Å². The lowest BCUT2D eigenvalue weighted by molar-refractivity contribution is -0.119. The summed E-state index contributed by atoms with van der Waals surface area (Å²) in [6.07, 6.45) is 8.32. The van der Waals surface area contributed by atoms with Gasteiger partial charge in [-0.2, -0.15) is 0 Å². The lowest BCUT2D eigenvalue weighted by atomic mass is 9.89. The summed E-state index contributed by atoms with van der Waals surface area (Å²) in [7, 11) is 0. The van der Waals surface area contributed by atoms with Crippen LogP contribution in [0.3, 0.4) is 0 Å². The fourth-order valence-corrected chi connectivity index (χ4v) is 5.29. The zero-order valence-electron chi connectivity index (χ0n) is 19.9. The molecule has 1 aliphatic carbocycles. The van der Waals surface area contributed by atoms with Crippen LogP contribution in [0.5, 0.6) is 0 Å². The molecule has 2 heterocycles. The number of nitrogens with zero attached hydrogens (tertiary/aromatic N) is 4. The number of hydrogen-bond donors (Lipinski definition) is 1. The number of amides is 1. The maximum absolute atomic E-state index is 12.8. The molecule has 0 unspecified atom stereocenters. The van der Waals surface area contributed by atoms with Crippen molar-refractivity contribution in [2.45, 2.75) is 50.4 Å². The quantitative estimate of drug-likeness (QED) is 0.347. The van der Waals surface area contributed by atoms with Crippen LogP contribution in [0, 0.1) is 0 Å². The van der Waals surface area contributed by atoms with Crippen molar-refractivity contribution in [2.24, 2.45) is 0 Å². The molecule has 5 rings (SSSR count). The summed E-state index contributed by atoms with van der Waals surface area (Å²) in [5, 5.41) is 12.7. The highest BCUT2D eigenvalue weighted by molar-refractivity contribution is 7.99. The van der Waals surface area contributed by atoms with Gasteiger partial charge in [-0.25, -0.2) is 0 Å². The molecule has 0 fully saturated rings. The van der Waals surface area contributed by atoms with Crippen LogP contribution >= 0.6 is 11.8 Å². The fraction of sp³-hybridized carbons (Fsp3) is 0.286. The molecule has 0 saturated heterocycles. The Balaban J connectivity index is 1.28. The van der Waals surface area contributed by atoms with Gasteiger partial charge < -0.3 is 5.32 Å². The Morgan fingerprint density at radius 2 is 1.77 bits per heavy atom. The molecule has 4 aromatic rings. The minimum Gasteiger partial charge on any atom is -0.349 e. The van der Waals surface area contributed by atoms with Crippen molar-refractivity contribution in [1.82, 2.24) is 25.1 Å². The highest BCUT2D eigenvalue weighted by atomic mass is 32.2. The largest absolute Gasteiger partial charge is 0.349 e. The summed E-state index contributed by atoms with van der Waals surface area (Å²) in [5.41, 5.74) is 6.14. The summed E-state index contributed by atoms with van der Waals surface area (Å²) in [6, 6.07) is 20.7. The Morgan fingerprint density at radius 3 is 2.57 bits per heavy atom. The highest BCUT2D eigenvalue weighted by Gasteiger charge is 2.18. The first-order chi connectivity index (χ1) is 17.2. The molecule has 1 N–H and O–H groups in total.